The number of nitrogens with zero attached hydrogens (tertiary/aromatic N) is 2. The summed E-state index contributed by atoms with van der Waals surface area (Å²) in [5, 5.41) is 5.39. The molecular formula is C21H22N4O3. The molecule has 2 N–H and O–H groups in total. The molecule has 7 heteroatoms. The van der Waals surface area contributed by atoms with Crippen molar-refractivity contribution in [3.63, 3.8) is 0 Å². The number of aromatic nitrogens is 1. The van der Waals surface area contributed by atoms with E-state index in [2.05, 4.69) is 15.6 Å². The van der Waals surface area contributed by atoms with Crippen LogP contribution in [-0.4, -0.2) is 33.8 Å². The molecule has 2 aromatic rings. The van der Waals surface area contributed by atoms with E-state index in [4.69, 9.17) is 0 Å². The maximum absolute atomic E-state index is 12.8. The molecule has 1 aromatic carbocycles. The molecule has 28 heavy (non-hydrogen) atoms. The molecule has 2 heterocycles. The van der Waals surface area contributed by atoms with Crippen molar-refractivity contribution in [3.05, 3.63) is 53.2 Å². The molecule has 0 unspecified atom stereocenters. The highest BCUT2D eigenvalue weighted by atomic mass is 16.2. The summed E-state index contributed by atoms with van der Waals surface area (Å²) < 4.78 is 0. The van der Waals surface area contributed by atoms with Crippen molar-refractivity contribution in [3.8, 4) is 0 Å². The second kappa shape index (κ2) is 7.42. The zero-order valence-corrected chi connectivity index (χ0v) is 15.7. The van der Waals surface area contributed by atoms with Crippen LogP contribution in [0.3, 0.4) is 0 Å². The minimum absolute atomic E-state index is 0.0204. The second-order valence-electron chi connectivity index (χ2n) is 7.28. The van der Waals surface area contributed by atoms with Crippen LogP contribution in [0, 0.1) is 6.92 Å². The number of fused-ring (bicyclic) bond motifs is 1. The molecule has 1 aromatic heterocycles. The molecule has 1 saturated carbocycles. The van der Waals surface area contributed by atoms with E-state index < -0.39 is 6.03 Å². The van der Waals surface area contributed by atoms with Gasteiger partial charge in [-0.05, 0) is 49.6 Å². The van der Waals surface area contributed by atoms with Crippen LogP contribution in [0.25, 0.3) is 0 Å². The number of imide groups is 1. The normalized spacial score (nSPS) is 16.8. The van der Waals surface area contributed by atoms with Gasteiger partial charge in [0.05, 0.1) is 11.1 Å². The summed E-state index contributed by atoms with van der Waals surface area (Å²) in [6, 6.07) is 7.99. The van der Waals surface area contributed by atoms with Crippen molar-refractivity contribution in [2.24, 2.45) is 0 Å². The van der Waals surface area contributed by atoms with E-state index in [1.165, 1.54) is 4.90 Å². The summed E-state index contributed by atoms with van der Waals surface area (Å²) in [4.78, 5) is 43.4. The first-order valence-electron chi connectivity index (χ1n) is 9.56. The van der Waals surface area contributed by atoms with Gasteiger partial charge in [-0.2, -0.15) is 0 Å². The van der Waals surface area contributed by atoms with Crippen molar-refractivity contribution < 1.29 is 14.4 Å². The van der Waals surface area contributed by atoms with Crippen LogP contribution in [0.4, 0.5) is 16.3 Å². The third-order valence-corrected chi connectivity index (χ3v) is 5.36. The van der Waals surface area contributed by atoms with Crippen molar-refractivity contribution in [1.29, 1.82) is 0 Å². The fraction of sp³-hybridized carbons (Fsp3) is 0.333. The van der Waals surface area contributed by atoms with Crippen molar-refractivity contribution in [1.82, 2.24) is 9.88 Å². The lowest BCUT2D eigenvalue weighted by molar-refractivity contribution is 0.0549. The Hall–Kier alpha value is -3.22. The minimum Gasteiger partial charge on any atom is -0.308 e. The number of urea groups is 1. The average molecular weight is 378 g/mol. The number of hydrogen-bond donors (Lipinski definition) is 2. The third kappa shape index (κ3) is 3.35. The molecule has 7 nitrogen and oxygen atoms in total. The number of hydrogen-bond acceptors (Lipinski definition) is 4. The fourth-order valence-electron chi connectivity index (χ4n) is 3.89. The lowest BCUT2D eigenvalue weighted by Crippen LogP contribution is -2.40. The van der Waals surface area contributed by atoms with Gasteiger partial charge >= 0.3 is 6.03 Å². The van der Waals surface area contributed by atoms with E-state index in [9.17, 15) is 14.4 Å². The van der Waals surface area contributed by atoms with Gasteiger partial charge in [0.25, 0.3) is 11.8 Å². The number of pyridine rings is 1. The van der Waals surface area contributed by atoms with Crippen LogP contribution in [0.2, 0.25) is 0 Å². The summed E-state index contributed by atoms with van der Waals surface area (Å²) in [5.41, 5.74) is 2.05. The Morgan fingerprint density at radius 2 is 1.79 bits per heavy atom. The van der Waals surface area contributed by atoms with E-state index in [1.54, 1.807) is 30.5 Å². The first-order valence-corrected chi connectivity index (χ1v) is 9.56. The molecule has 0 bridgehead atoms. The molecule has 1 fully saturated rings. The van der Waals surface area contributed by atoms with E-state index in [0.717, 1.165) is 37.7 Å². The lowest BCUT2D eigenvalue weighted by Gasteiger charge is -2.29. The molecule has 4 amide bonds. The Morgan fingerprint density at radius 1 is 1.04 bits per heavy atom. The third-order valence-electron chi connectivity index (χ3n) is 5.36. The van der Waals surface area contributed by atoms with Crippen molar-refractivity contribution in [2.45, 2.75) is 45.1 Å². The van der Waals surface area contributed by atoms with Gasteiger partial charge in [-0.3, -0.25) is 19.8 Å². The highest BCUT2D eigenvalue weighted by Crippen LogP contribution is 2.32. The molecule has 0 saturated heterocycles. The van der Waals surface area contributed by atoms with E-state index in [-0.39, 0.29) is 17.9 Å². The quantitative estimate of drug-likeness (QED) is 0.791. The number of nitrogens with one attached hydrogen (secondary N) is 2. The molecule has 4 rings (SSSR count). The standard InChI is InChI=1S/C21H22N4O3/c1-13-6-5-11-22-18(13)24-21(28)23-14-9-10-16-17(12-14)20(27)25(19(16)26)15-7-3-2-4-8-15/h5-6,9-12,15H,2-4,7-8H2,1H3,(H2,22,23,24,28). The van der Waals surface area contributed by atoms with Crippen molar-refractivity contribution in [2.75, 3.05) is 10.6 Å². The zero-order chi connectivity index (χ0) is 19.7. The SMILES string of the molecule is Cc1cccnc1NC(=O)Nc1ccc2c(c1)C(=O)N(C1CCCCC1)C2=O. The predicted molar refractivity (Wildman–Crippen MR) is 105 cm³/mol. The number of aryl methyl sites for hydroxylation is 1. The van der Waals surface area contributed by atoms with E-state index in [0.29, 0.717) is 22.6 Å². The van der Waals surface area contributed by atoms with E-state index >= 15 is 0 Å². The molecule has 2 aliphatic rings. The van der Waals surface area contributed by atoms with Gasteiger partial charge in [0.15, 0.2) is 0 Å². The van der Waals surface area contributed by atoms with Crippen LogP contribution in [-0.2, 0) is 0 Å². The Morgan fingerprint density at radius 3 is 2.54 bits per heavy atom. The average Bonchev–Trinajstić information content (AvgIpc) is 2.94. The Kier molecular flexibility index (Phi) is 4.81. The first-order chi connectivity index (χ1) is 13.5. The summed E-state index contributed by atoms with van der Waals surface area (Å²) in [6.07, 6.45) is 6.56. The monoisotopic (exact) mass is 378 g/mol. The summed E-state index contributed by atoms with van der Waals surface area (Å²) in [7, 11) is 0. The number of benzene rings is 1. The zero-order valence-electron chi connectivity index (χ0n) is 15.7. The number of rotatable bonds is 3. The summed E-state index contributed by atoms with van der Waals surface area (Å²) in [5.74, 6) is -0.0283. The summed E-state index contributed by atoms with van der Waals surface area (Å²) in [6.45, 7) is 1.85. The summed E-state index contributed by atoms with van der Waals surface area (Å²) >= 11 is 0. The Bertz CT molecular complexity index is 950. The molecule has 1 aliphatic carbocycles. The topological polar surface area (TPSA) is 91.4 Å². The van der Waals surface area contributed by atoms with Crippen LogP contribution < -0.4 is 10.6 Å². The molecule has 144 valence electrons. The Labute approximate surface area is 163 Å². The predicted octanol–water partition coefficient (Wildman–Crippen LogP) is 3.96. The fourth-order valence-corrected chi connectivity index (χ4v) is 3.89. The van der Waals surface area contributed by atoms with E-state index in [1.807, 2.05) is 13.0 Å². The minimum atomic E-state index is -0.456. The van der Waals surface area contributed by atoms with Crippen molar-refractivity contribution >= 4 is 29.4 Å². The maximum Gasteiger partial charge on any atom is 0.324 e. The number of carbonyl (C=O) groups is 3. The second-order valence-corrected chi connectivity index (χ2v) is 7.28. The lowest BCUT2D eigenvalue weighted by atomic mass is 9.94. The van der Waals surface area contributed by atoms with Gasteiger partial charge < -0.3 is 5.32 Å². The van der Waals surface area contributed by atoms with Gasteiger partial charge in [0.2, 0.25) is 0 Å². The van der Waals surface area contributed by atoms with Gasteiger partial charge in [0.1, 0.15) is 5.82 Å². The largest absolute Gasteiger partial charge is 0.324 e. The Balaban J connectivity index is 1.50. The maximum atomic E-state index is 12.8. The van der Waals surface area contributed by atoms with Gasteiger partial charge in [0, 0.05) is 17.9 Å². The number of amides is 4. The molecule has 1 aliphatic heterocycles. The van der Waals surface area contributed by atoms with Crippen LogP contribution >= 0.6 is 0 Å². The highest BCUT2D eigenvalue weighted by Gasteiger charge is 2.40. The van der Waals surface area contributed by atoms with Crippen LogP contribution in [0.1, 0.15) is 58.4 Å². The van der Waals surface area contributed by atoms with Gasteiger partial charge in [-0.15, -0.1) is 0 Å². The number of carbonyl (C=O) groups excluding carboxylic acids is 3. The molecule has 0 atom stereocenters. The molecule has 0 spiro atoms. The smallest absolute Gasteiger partial charge is 0.308 e. The molecule has 0 radical (unpaired) electrons. The van der Waals surface area contributed by atoms with Crippen LogP contribution in [0.15, 0.2) is 36.5 Å². The number of anilines is 2. The van der Waals surface area contributed by atoms with Gasteiger partial charge in [-0.25, -0.2) is 9.78 Å². The molecular weight excluding hydrogens is 356 g/mol. The van der Waals surface area contributed by atoms with Crippen LogP contribution in [0.5, 0.6) is 0 Å². The van der Waals surface area contributed by atoms with Gasteiger partial charge in [-0.1, -0.05) is 25.3 Å². The highest BCUT2D eigenvalue weighted by molar-refractivity contribution is 6.22. The first kappa shape index (κ1) is 18.2.